The number of nitrogens with zero attached hydrogens (tertiary/aromatic N) is 2. The number of carbonyl (C=O) groups excluding carboxylic acids is 1. The number of anilines is 1. The molecule has 0 aliphatic carbocycles. The van der Waals surface area contributed by atoms with Crippen molar-refractivity contribution in [3.8, 4) is 17.6 Å². The number of pyridine rings is 1. The maximum absolute atomic E-state index is 12.6. The normalized spacial score (nSPS) is 10.9. The predicted octanol–water partition coefficient (Wildman–Crippen LogP) is 3.80. The molecule has 134 valence electrons. The number of amides is 1. The van der Waals surface area contributed by atoms with Crippen LogP contribution in [0.3, 0.4) is 0 Å². The Kier molecular flexibility index (Phi) is 5.33. The van der Waals surface area contributed by atoms with E-state index in [1.165, 1.54) is 13.2 Å². The van der Waals surface area contributed by atoms with Crippen molar-refractivity contribution in [2.24, 2.45) is 0 Å². The number of fused-ring (bicyclic) bond motifs is 1. The molecule has 2 aromatic carbocycles. The SMILES string of the molecule is COc1ccc(C=C(C#N)C(=O)Nc2cccc3ncccc23)c(OC)c1. The van der Waals surface area contributed by atoms with Crippen LogP contribution in [0.25, 0.3) is 17.0 Å². The van der Waals surface area contributed by atoms with Crippen molar-refractivity contribution < 1.29 is 14.3 Å². The van der Waals surface area contributed by atoms with Gasteiger partial charge in [0.25, 0.3) is 5.91 Å². The van der Waals surface area contributed by atoms with Crippen molar-refractivity contribution in [3.05, 3.63) is 65.9 Å². The third-order valence-electron chi connectivity index (χ3n) is 4.00. The Hall–Kier alpha value is -3.85. The van der Waals surface area contributed by atoms with Crippen LogP contribution in [0.5, 0.6) is 11.5 Å². The van der Waals surface area contributed by atoms with Gasteiger partial charge in [0.2, 0.25) is 0 Å². The number of hydrogen-bond donors (Lipinski definition) is 1. The van der Waals surface area contributed by atoms with Crippen LogP contribution in [0.15, 0.2) is 60.3 Å². The van der Waals surface area contributed by atoms with Gasteiger partial charge in [-0.15, -0.1) is 0 Å². The zero-order valence-corrected chi connectivity index (χ0v) is 14.9. The number of nitrogens with one attached hydrogen (secondary N) is 1. The van der Waals surface area contributed by atoms with Crippen LogP contribution < -0.4 is 14.8 Å². The van der Waals surface area contributed by atoms with E-state index < -0.39 is 5.91 Å². The molecule has 27 heavy (non-hydrogen) atoms. The van der Waals surface area contributed by atoms with Crippen LogP contribution in [-0.4, -0.2) is 25.1 Å². The van der Waals surface area contributed by atoms with Gasteiger partial charge in [-0.05, 0) is 42.5 Å². The summed E-state index contributed by atoms with van der Waals surface area (Å²) in [4.78, 5) is 16.9. The molecule has 0 fully saturated rings. The van der Waals surface area contributed by atoms with E-state index in [1.54, 1.807) is 49.7 Å². The van der Waals surface area contributed by atoms with Crippen molar-refractivity contribution in [1.82, 2.24) is 4.98 Å². The minimum atomic E-state index is -0.508. The highest BCUT2D eigenvalue weighted by atomic mass is 16.5. The molecule has 0 saturated heterocycles. The maximum atomic E-state index is 12.6. The second-order valence-corrected chi connectivity index (χ2v) is 5.61. The molecule has 0 atom stereocenters. The van der Waals surface area contributed by atoms with Gasteiger partial charge in [0.05, 0.1) is 25.4 Å². The first-order chi connectivity index (χ1) is 13.2. The highest BCUT2D eigenvalue weighted by Gasteiger charge is 2.13. The zero-order valence-electron chi connectivity index (χ0n) is 14.9. The molecule has 0 unspecified atom stereocenters. The fourth-order valence-corrected chi connectivity index (χ4v) is 2.64. The summed E-state index contributed by atoms with van der Waals surface area (Å²) in [5.41, 5.74) is 1.91. The molecule has 0 spiro atoms. The van der Waals surface area contributed by atoms with Crippen molar-refractivity contribution >= 4 is 28.6 Å². The van der Waals surface area contributed by atoms with Gasteiger partial charge in [-0.3, -0.25) is 9.78 Å². The number of nitriles is 1. The standard InChI is InChI=1S/C21H17N3O3/c1-26-16-9-8-14(20(12-16)27-2)11-15(13-22)21(25)24-19-7-3-6-18-17(19)5-4-10-23-18/h3-12H,1-2H3,(H,24,25). The van der Waals surface area contributed by atoms with Crippen molar-refractivity contribution in [2.45, 2.75) is 0 Å². The van der Waals surface area contributed by atoms with Gasteiger partial charge in [0.1, 0.15) is 23.1 Å². The van der Waals surface area contributed by atoms with Gasteiger partial charge in [0, 0.05) is 23.2 Å². The topological polar surface area (TPSA) is 84.2 Å². The second kappa shape index (κ2) is 8.02. The third-order valence-corrected chi connectivity index (χ3v) is 4.00. The van der Waals surface area contributed by atoms with E-state index in [9.17, 15) is 10.1 Å². The average molecular weight is 359 g/mol. The summed E-state index contributed by atoms with van der Waals surface area (Å²) in [7, 11) is 3.07. The Morgan fingerprint density at radius 3 is 2.74 bits per heavy atom. The first kappa shape index (κ1) is 18.0. The van der Waals surface area contributed by atoms with Gasteiger partial charge in [-0.25, -0.2) is 0 Å². The molecule has 3 aromatic rings. The molecule has 6 nitrogen and oxygen atoms in total. The highest BCUT2D eigenvalue weighted by Crippen LogP contribution is 2.27. The predicted molar refractivity (Wildman–Crippen MR) is 104 cm³/mol. The lowest BCUT2D eigenvalue weighted by molar-refractivity contribution is -0.112. The van der Waals surface area contributed by atoms with Crippen LogP contribution >= 0.6 is 0 Å². The molecule has 1 heterocycles. The number of methoxy groups -OCH3 is 2. The molecular formula is C21H17N3O3. The quantitative estimate of drug-likeness (QED) is 0.553. The van der Waals surface area contributed by atoms with Gasteiger partial charge in [0.15, 0.2) is 0 Å². The van der Waals surface area contributed by atoms with E-state index in [0.717, 1.165) is 10.9 Å². The molecule has 0 aliphatic rings. The first-order valence-electron chi connectivity index (χ1n) is 8.15. The zero-order chi connectivity index (χ0) is 19.2. The lowest BCUT2D eigenvalue weighted by Crippen LogP contribution is -2.13. The summed E-state index contributed by atoms with van der Waals surface area (Å²) in [5.74, 6) is 0.617. The molecular weight excluding hydrogens is 342 g/mol. The molecule has 1 amide bonds. The van der Waals surface area contributed by atoms with Crippen LogP contribution in [0.1, 0.15) is 5.56 Å². The largest absolute Gasteiger partial charge is 0.497 e. The van der Waals surface area contributed by atoms with E-state index in [-0.39, 0.29) is 5.57 Å². The van der Waals surface area contributed by atoms with Gasteiger partial charge in [-0.2, -0.15) is 5.26 Å². The molecule has 6 heteroatoms. The van der Waals surface area contributed by atoms with E-state index in [2.05, 4.69) is 10.3 Å². The van der Waals surface area contributed by atoms with E-state index >= 15 is 0 Å². The summed E-state index contributed by atoms with van der Waals surface area (Å²) in [6.45, 7) is 0. The number of benzene rings is 2. The van der Waals surface area contributed by atoms with Gasteiger partial charge in [-0.1, -0.05) is 6.07 Å². The van der Waals surface area contributed by atoms with Crippen LogP contribution in [0, 0.1) is 11.3 Å². The molecule has 1 N–H and O–H groups in total. The number of aromatic nitrogens is 1. The number of carbonyl (C=O) groups is 1. The molecule has 0 radical (unpaired) electrons. The fraction of sp³-hybridized carbons (Fsp3) is 0.0952. The van der Waals surface area contributed by atoms with E-state index in [1.807, 2.05) is 18.2 Å². The average Bonchev–Trinajstić information content (AvgIpc) is 2.72. The van der Waals surface area contributed by atoms with Crippen LogP contribution in [0.4, 0.5) is 5.69 Å². The lowest BCUT2D eigenvalue weighted by Gasteiger charge is -2.09. The van der Waals surface area contributed by atoms with Crippen molar-refractivity contribution in [3.63, 3.8) is 0 Å². The van der Waals surface area contributed by atoms with Gasteiger partial charge >= 0.3 is 0 Å². The van der Waals surface area contributed by atoms with Crippen LogP contribution in [-0.2, 0) is 4.79 Å². The Morgan fingerprint density at radius 1 is 1.15 bits per heavy atom. The Morgan fingerprint density at radius 2 is 2.00 bits per heavy atom. The summed E-state index contributed by atoms with van der Waals surface area (Å²) in [6, 6.07) is 16.2. The number of rotatable bonds is 5. The summed E-state index contributed by atoms with van der Waals surface area (Å²) in [5, 5.41) is 13.0. The fourth-order valence-electron chi connectivity index (χ4n) is 2.64. The summed E-state index contributed by atoms with van der Waals surface area (Å²) < 4.78 is 10.5. The lowest BCUT2D eigenvalue weighted by atomic mass is 10.1. The maximum Gasteiger partial charge on any atom is 0.266 e. The van der Waals surface area contributed by atoms with E-state index in [0.29, 0.717) is 22.7 Å². The monoisotopic (exact) mass is 359 g/mol. The summed E-state index contributed by atoms with van der Waals surface area (Å²) in [6.07, 6.45) is 3.17. The van der Waals surface area contributed by atoms with Crippen molar-refractivity contribution in [2.75, 3.05) is 19.5 Å². The minimum absolute atomic E-state index is 0.0423. The summed E-state index contributed by atoms with van der Waals surface area (Å²) >= 11 is 0. The van der Waals surface area contributed by atoms with Gasteiger partial charge < -0.3 is 14.8 Å². The highest BCUT2D eigenvalue weighted by molar-refractivity contribution is 6.12. The molecule has 0 bridgehead atoms. The molecule has 0 aliphatic heterocycles. The minimum Gasteiger partial charge on any atom is -0.497 e. The van der Waals surface area contributed by atoms with Crippen LogP contribution in [0.2, 0.25) is 0 Å². The number of ether oxygens (including phenoxy) is 2. The molecule has 1 aromatic heterocycles. The first-order valence-corrected chi connectivity index (χ1v) is 8.15. The Bertz CT molecular complexity index is 1060. The third kappa shape index (κ3) is 3.88. The van der Waals surface area contributed by atoms with Crippen molar-refractivity contribution in [1.29, 1.82) is 5.26 Å². The Labute approximate surface area is 156 Å². The molecule has 0 saturated carbocycles. The van der Waals surface area contributed by atoms with E-state index in [4.69, 9.17) is 9.47 Å². The molecule has 3 rings (SSSR count). The number of hydrogen-bond acceptors (Lipinski definition) is 5. The second-order valence-electron chi connectivity index (χ2n) is 5.61. The smallest absolute Gasteiger partial charge is 0.266 e. The Balaban J connectivity index is 1.93.